The lowest BCUT2D eigenvalue weighted by Gasteiger charge is -2.14. The van der Waals surface area contributed by atoms with Crippen molar-refractivity contribution in [3.8, 4) is 5.00 Å². The Morgan fingerprint density at radius 3 is 2.53 bits per heavy atom. The van der Waals surface area contributed by atoms with Gasteiger partial charge in [-0.3, -0.25) is 9.79 Å². The fourth-order valence-corrected chi connectivity index (χ4v) is 6.51. The number of aliphatic imine (C=N–C) groups is 1. The van der Waals surface area contributed by atoms with E-state index < -0.39 is 5.97 Å². The zero-order valence-electron chi connectivity index (χ0n) is 22.1. The molecule has 0 atom stereocenters. The molecule has 1 amide bonds. The van der Waals surface area contributed by atoms with Crippen molar-refractivity contribution in [2.24, 2.45) is 4.99 Å². The minimum atomic E-state index is -0.420. The summed E-state index contributed by atoms with van der Waals surface area (Å²) in [6, 6.07) is 17.1. The number of fused-ring (bicyclic) bond motifs is 1. The van der Waals surface area contributed by atoms with Crippen molar-refractivity contribution in [3.63, 3.8) is 0 Å². The molecule has 194 valence electrons. The summed E-state index contributed by atoms with van der Waals surface area (Å²) in [5, 5.41) is 4.08. The van der Waals surface area contributed by atoms with Crippen molar-refractivity contribution in [1.29, 1.82) is 0 Å². The highest BCUT2D eigenvalue weighted by atomic mass is 32.1. The van der Waals surface area contributed by atoms with Crippen LogP contribution in [0.25, 0.3) is 5.00 Å². The number of hydrogen-bond donors (Lipinski definition) is 1. The quantitative estimate of drug-likeness (QED) is 0.215. The SMILES string of the molecule is COC(=O)c1ccccc1N=Cc1cc(C)n(-c2sc3c(c2C(=O)Nc2ccc(C)cc2)CCCC3)c1C. The highest BCUT2D eigenvalue weighted by Crippen LogP contribution is 2.39. The molecule has 1 aliphatic carbocycles. The number of carbonyl (C=O) groups excluding carboxylic acids is 2. The molecule has 1 N–H and O–H groups in total. The van der Waals surface area contributed by atoms with Gasteiger partial charge in [0, 0.05) is 33.7 Å². The number of rotatable bonds is 6. The molecule has 0 unspecified atom stereocenters. The van der Waals surface area contributed by atoms with Crippen LogP contribution in [0.3, 0.4) is 0 Å². The zero-order valence-corrected chi connectivity index (χ0v) is 22.9. The predicted molar refractivity (Wildman–Crippen MR) is 154 cm³/mol. The van der Waals surface area contributed by atoms with Crippen LogP contribution in [0.5, 0.6) is 0 Å². The van der Waals surface area contributed by atoms with Crippen LogP contribution in [-0.2, 0) is 17.6 Å². The van der Waals surface area contributed by atoms with E-state index in [2.05, 4.69) is 20.9 Å². The molecule has 0 saturated heterocycles. The second-order valence-electron chi connectivity index (χ2n) is 9.64. The number of aromatic nitrogens is 1. The lowest BCUT2D eigenvalue weighted by atomic mass is 9.95. The first kappa shape index (κ1) is 25.7. The lowest BCUT2D eigenvalue weighted by Crippen LogP contribution is -2.17. The summed E-state index contributed by atoms with van der Waals surface area (Å²) < 4.78 is 7.07. The van der Waals surface area contributed by atoms with Gasteiger partial charge in [0.15, 0.2) is 0 Å². The highest BCUT2D eigenvalue weighted by molar-refractivity contribution is 7.15. The van der Waals surface area contributed by atoms with E-state index in [1.165, 1.54) is 17.6 Å². The Kier molecular flexibility index (Phi) is 7.29. The van der Waals surface area contributed by atoms with Crippen molar-refractivity contribution in [2.75, 3.05) is 12.4 Å². The summed E-state index contributed by atoms with van der Waals surface area (Å²) in [6.07, 6.45) is 5.94. The van der Waals surface area contributed by atoms with Gasteiger partial charge in [0.05, 0.1) is 23.9 Å². The number of para-hydroxylation sites is 1. The van der Waals surface area contributed by atoms with Gasteiger partial charge in [-0.25, -0.2) is 4.79 Å². The normalized spacial score (nSPS) is 12.9. The first-order chi connectivity index (χ1) is 18.4. The molecule has 2 aromatic heterocycles. The van der Waals surface area contributed by atoms with Crippen molar-refractivity contribution >= 4 is 40.8 Å². The summed E-state index contributed by atoms with van der Waals surface area (Å²) in [5.41, 5.74) is 7.80. The molecule has 6 nitrogen and oxygen atoms in total. The lowest BCUT2D eigenvalue weighted by molar-refractivity contribution is 0.0601. The molecule has 5 rings (SSSR count). The van der Waals surface area contributed by atoms with Crippen LogP contribution in [0.1, 0.15) is 66.5 Å². The van der Waals surface area contributed by atoms with E-state index in [0.29, 0.717) is 11.3 Å². The number of thiophene rings is 1. The van der Waals surface area contributed by atoms with Gasteiger partial charge in [-0.15, -0.1) is 11.3 Å². The standard InChI is InChI=1S/C31H31N3O3S/c1-19-13-15-23(16-14-19)33-29(35)28-25-10-6-8-12-27(25)38-30(28)34-20(2)17-22(21(34)3)18-32-26-11-7-5-9-24(26)31(36)37-4/h5,7,9,11,13-18H,6,8,10,12H2,1-4H3,(H,33,35). The molecule has 38 heavy (non-hydrogen) atoms. The Bertz CT molecular complexity index is 1540. The second-order valence-corrected chi connectivity index (χ2v) is 10.7. The molecular weight excluding hydrogens is 494 g/mol. The van der Waals surface area contributed by atoms with Crippen LogP contribution in [0.4, 0.5) is 11.4 Å². The summed E-state index contributed by atoms with van der Waals surface area (Å²) in [4.78, 5) is 31.8. The molecule has 0 saturated carbocycles. The van der Waals surface area contributed by atoms with Crippen LogP contribution in [-0.4, -0.2) is 29.8 Å². The number of aryl methyl sites for hydroxylation is 3. The maximum atomic E-state index is 13.7. The highest BCUT2D eigenvalue weighted by Gasteiger charge is 2.28. The zero-order chi connectivity index (χ0) is 26.8. The molecule has 0 aliphatic heterocycles. The Morgan fingerprint density at radius 1 is 1.03 bits per heavy atom. The number of nitrogens with one attached hydrogen (secondary N) is 1. The van der Waals surface area contributed by atoms with Crippen molar-refractivity contribution in [2.45, 2.75) is 46.5 Å². The van der Waals surface area contributed by atoms with E-state index in [9.17, 15) is 9.59 Å². The summed E-state index contributed by atoms with van der Waals surface area (Å²) >= 11 is 1.72. The van der Waals surface area contributed by atoms with Gasteiger partial charge < -0.3 is 14.6 Å². The Morgan fingerprint density at radius 2 is 1.76 bits per heavy atom. The number of amides is 1. The fraction of sp³-hybridized carbons (Fsp3) is 0.258. The largest absolute Gasteiger partial charge is 0.465 e. The smallest absolute Gasteiger partial charge is 0.340 e. The minimum absolute atomic E-state index is 0.0713. The molecule has 0 fully saturated rings. The third kappa shape index (κ3) is 4.94. The van der Waals surface area contributed by atoms with Gasteiger partial charge in [0.25, 0.3) is 5.91 Å². The second kappa shape index (κ2) is 10.8. The van der Waals surface area contributed by atoms with Gasteiger partial charge in [0.1, 0.15) is 5.00 Å². The topological polar surface area (TPSA) is 72.7 Å². The molecule has 0 bridgehead atoms. The van der Waals surface area contributed by atoms with Gasteiger partial charge in [-0.1, -0.05) is 29.8 Å². The third-order valence-corrected chi connectivity index (χ3v) is 8.29. The number of benzene rings is 2. The minimum Gasteiger partial charge on any atom is -0.465 e. The van der Waals surface area contributed by atoms with Crippen molar-refractivity contribution < 1.29 is 14.3 Å². The maximum Gasteiger partial charge on any atom is 0.340 e. The Labute approximate surface area is 227 Å². The number of anilines is 1. The monoisotopic (exact) mass is 525 g/mol. The number of ether oxygens (including phenoxy) is 1. The van der Waals surface area contributed by atoms with Gasteiger partial charge in [0.2, 0.25) is 0 Å². The van der Waals surface area contributed by atoms with Crippen LogP contribution in [0, 0.1) is 20.8 Å². The number of esters is 1. The molecule has 4 aromatic rings. The number of carbonyl (C=O) groups is 2. The van der Waals surface area contributed by atoms with E-state index in [1.54, 1.807) is 35.8 Å². The first-order valence-electron chi connectivity index (χ1n) is 12.8. The molecule has 2 heterocycles. The number of hydrogen-bond acceptors (Lipinski definition) is 5. The first-order valence-corrected chi connectivity index (χ1v) is 13.6. The summed E-state index contributed by atoms with van der Waals surface area (Å²) in [7, 11) is 1.36. The number of methoxy groups -OCH3 is 1. The van der Waals surface area contributed by atoms with Gasteiger partial charge in [-0.05, 0) is 82.3 Å². The molecule has 7 heteroatoms. The maximum absolute atomic E-state index is 13.7. The average Bonchev–Trinajstić information content (AvgIpc) is 3.44. The van der Waals surface area contributed by atoms with E-state index in [1.807, 2.05) is 51.1 Å². The van der Waals surface area contributed by atoms with E-state index >= 15 is 0 Å². The molecule has 0 radical (unpaired) electrons. The predicted octanol–water partition coefficient (Wildman–Crippen LogP) is 7.13. The molecular formula is C31H31N3O3S. The fourth-order valence-electron chi connectivity index (χ4n) is 5.01. The van der Waals surface area contributed by atoms with Crippen LogP contribution >= 0.6 is 11.3 Å². The molecule has 0 spiro atoms. The van der Waals surface area contributed by atoms with Crippen LogP contribution < -0.4 is 5.32 Å². The van der Waals surface area contributed by atoms with Gasteiger partial charge in [-0.2, -0.15) is 0 Å². The number of nitrogens with zero attached hydrogens (tertiary/aromatic N) is 2. The van der Waals surface area contributed by atoms with E-state index in [-0.39, 0.29) is 5.91 Å². The summed E-state index contributed by atoms with van der Waals surface area (Å²) in [6.45, 7) is 6.12. The molecule has 1 aliphatic rings. The van der Waals surface area contributed by atoms with Crippen LogP contribution in [0.2, 0.25) is 0 Å². The summed E-state index contributed by atoms with van der Waals surface area (Å²) in [5.74, 6) is -0.491. The van der Waals surface area contributed by atoms with Crippen LogP contribution in [0.15, 0.2) is 59.6 Å². The Hall–Kier alpha value is -3.97. The Balaban J connectivity index is 1.54. The third-order valence-electron chi connectivity index (χ3n) is 7.01. The van der Waals surface area contributed by atoms with Crippen molar-refractivity contribution in [1.82, 2.24) is 4.57 Å². The van der Waals surface area contributed by atoms with Crippen molar-refractivity contribution in [3.05, 3.63) is 98.7 Å². The van der Waals surface area contributed by atoms with E-state index in [4.69, 9.17) is 4.74 Å². The van der Waals surface area contributed by atoms with E-state index in [0.717, 1.165) is 64.4 Å². The van der Waals surface area contributed by atoms with Gasteiger partial charge >= 0.3 is 5.97 Å². The average molecular weight is 526 g/mol. The molecule has 2 aromatic carbocycles.